The minimum absolute atomic E-state index is 0.322. The number of nitrogens with one attached hydrogen (secondary N) is 1. The number of aromatic nitrogens is 1. The zero-order valence-corrected chi connectivity index (χ0v) is 14.4. The topological polar surface area (TPSA) is 47.9 Å². The van der Waals surface area contributed by atoms with E-state index in [0.29, 0.717) is 6.79 Å². The second-order valence-electron chi connectivity index (χ2n) is 6.44. The smallest absolute Gasteiger partial charge is 0.231 e. The van der Waals surface area contributed by atoms with Gasteiger partial charge in [-0.25, -0.2) is 0 Å². The number of hydrogen-bond acceptors (Lipinski definition) is 5. The van der Waals surface area contributed by atoms with E-state index >= 15 is 0 Å². The van der Waals surface area contributed by atoms with Gasteiger partial charge in [-0.3, -0.25) is 4.90 Å². The summed E-state index contributed by atoms with van der Waals surface area (Å²) in [5, 5.41) is 3.52. The largest absolute Gasteiger partial charge is 0.454 e. The number of benzene rings is 1. The Morgan fingerprint density at radius 2 is 1.84 bits per heavy atom. The molecule has 0 radical (unpaired) electrons. The van der Waals surface area contributed by atoms with Gasteiger partial charge in [-0.05, 0) is 29.8 Å². The van der Waals surface area contributed by atoms with Crippen molar-refractivity contribution in [3.8, 4) is 11.5 Å². The van der Waals surface area contributed by atoms with Crippen LogP contribution in [-0.2, 0) is 24.4 Å². The van der Waals surface area contributed by atoms with Crippen molar-refractivity contribution in [1.82, 2.24) is 14.8 Å². The van der Waals surface area contributed by atoms with E-state index in [1.807, 2.05) is 12.1 Å². The maximum Gasteiger partial charge on any atom is 0.231 e. The Labute approximate surface area is 148 Å². The normalized spacial score (nSPS) is 17.1. The van der Waals surface area contributed by atoms with Crippen LogP contribution in [0.15, 0.2) is 36.5 Å². The molecule has 2 aliphatic rings. The summed E-state index contributed by atoms with van der Waals surface area (Å²) >= 11 is 0. The molecule has 0 aliphatic carbocycles. The third kappa shape index (κ3) is 4.15. The van der Waals surface area contributed by atoms with E-state index in [-0.39, 0.29) is 0 Å². The molecule has 6 heteroatoms. The molecule has 2 aromatic rings. The Balaban J connectivity index is 1.26. The van der Waals surface area contributed by atoms with Crippen molar-refractivity contribution in [3.63, 3.8) is 0 Å². The zero-order valence-electron chi connectivity index (χ0n) is 14.4. The molecule has 25 heavy (non-hydrogen) atoms. The number of nitrogens with zero attached hydrogens (tertiary/aromatic N) is 2. The van der Waals surface area contributed by atoms with Crippen molar-refractivity contribution < 1.29 is 14.2 Å². The van der Waals surface area contributed by atoms with Crippen molar-refractivity contribution in [1.29, 1.82) is 0 Å². The third-order valence-corrected chi connectivity index (χ3v) is 4.76. The molecule has 0 amide bonds. The molecule has 1 saturated heterocycles. The summed E-state index contributed by atoms with van der Waals surface area (Å²) in [5.41, 5.74) is 2.52. The summed E-state index contributed by atoms with van der Waals surface area (Å²) in [6, 6.07) is 10.4. The molecule has 1 aromatic heterocycles. The second-order valence-corrected chi connectivity index (χ2v) is 6.44. The van der Waals surface area contributed by atoms with E-state index in [0.717, 1.165) is 64.0 Å². The number of ether oxygens (including phenoxy) is 3. The second kappa shape index (κ2) is 7.91. The average molecular weight is 343 g/mol. The lowest BCUT2D eigenvalue weighted by atomic mass is 10.2. The Morgan fingerprint density at radius 3 is 2.76 bits per heavy atom. The van der Waals surface area contributed by atoms with Gasteiger partial charge in [0.15, 0.2) is 11.5 Å². The fourth-order valence-electron chi connectivity index (χ4n) is 3.29. The zero-order chi connectivity index (χ0) is 16.9. The van der Waals surface area contributed by atoms with Crippen LogP contribution in [0.5, 0.6) is 11.5 Å². The highest BCUT2D eigenvalue weighted by atomic mass is 16.7. The van der Waals surface area contributed by atoms with Crippen LogP contribution in [0.25, 0.3) is 0 Å². The molecule has 6 nitrogen and oxygen atoms in total. The highest BCUT2D eigenvalue weighted by Gasteiger charge is 2.13. The summed E-state index contributed by atoms with van der Waals surface area (Å²) in [6.07, 6.45) is 2.16. The van der Waals surface area contributed by atoms with Crippen LogP contribution in [0.3, 0.4) is 0 Å². The molecule has 134 valence electrons. The van der Waals surface area contributed by atoms with Gasteiger partial charge < -0.3 is 24.1 Å². The van der Waals surface area contributed by atoms with Gasteiger partial charge >= 0.3 is 0 Å². The van der Waals surface area contributed by atoms with Gasteiger partial charge in [0.1, 0.15) is 0 Å². The summed E-state index contributed by atoms with van der Waals surface area (Å²) in [6.45, 7) is 7.88. The van der Waals surface area contributed by atoms with Gasteiger partial charge in [0, 0.05) is 51.2 Å². The molecular weight excluding hydrogens is 318 g/mol. The van der Waals surface area contributed by atoms with Crippen LogP contribution in [0.2, 0.25) is 0 Å². The molecule has 1 N–H and O–H groups in total. The molecule has 3 heterocycles. The van der Waals surface area contributed by atoms with Crippen LogP contribution in [0, 0.1) is 0 Å². The first-order valence-electron chi connectivity index (χ1n) is 8.92. The Hall–Kier alpha value is -2.02. The molecular formula is C19H25N3O3. The van der Waals surface area contributed by atoms with Crippen LogP contribution in [-0.4, -0.2) is 49.1 Å². The molecule has 0 saturated carbocycles. The Morgan fingerprint density at radius 1 is 0.960 bits per heavy atom. The van der Waals surface area contributed by atoms with Gasteiger partial charge in [-0.15, -0.1) is 0 Å². The Kier molecular flexibility index (Phi) is 5.20. The fraction of sp³-hybridized carbons (Fsp3) is 0.474. The molecule has 1 fully saturated rings. The van der Waals surface area contributed by atoms with Gasteiger partial charge in [0.25, 0.3) is 0 Å². The third-order valence-electron chi connectivity index (χ3n) is 4.76. The van der Waals surface area contributed by atoms with Crippen molar-refractivity contribution in [2.24, 2.45) is 0 Å². The average Bonchev–Trinajstić information content (AvgIpc) is 3.29. The summed E-state index contributed by atoms with van der Waals surface area (Å²) in [5.74, 6) is 1.67. The number of hydrogen-bond donors (Lipinski definition) is 1. The van der Waals surface area contributed by atoms with E-state index in [1.165, 1.54) is 11.3 Å². The first-order valence-corrected chi connectivity index (χ1v) is 8.92. The summed E-state index contributed by atoms with van der Waals surface area (Å²) in [4.78, 5) is 2.47. The predicted molar refractivity (Wildman–Crippen MR) is 94.8 cm³/mol. The SMILES string of the molecule is c1cc(CNCc2ccc3c(c2)OCO3)n(CCN2CCOCC2)c1. The highest BCUT2D eigenvalue weighted by molar-refractivity contribution is 5.44. The molecule has 2 aliphatic heterocycles. The number of rotatable bonds is 7. The predicted octanol–water partition coefficient (Wildman–Crippen LogP) is 1.84. The monoisotopic (exact) mass is 343 g/mol. The van der Waals surface area contributed by atoms with E-state index < -0.39 is 0 Å². The minimum Gasteiger partial charge on any atom is -0.454 e. The van der Waals surface area contributed by atoms with Crippen LogP contribution < -0.4 is 14.8 Å². The number of fused-ring (bicyclic) bond motifs is 1. The van der Waals surface area contributed by atoms with Crippen LogP contribution in [0.1, 0.15) is 11.3 Å². The maximum atomic E-state index is 5.43. The summed E-state index contributed by atoms with van der Waals surface area (Å²) in [7, 11) is 0. The van der Waals surface area contributed by atoms with Gasteiger partial charge in [-0.1, -0.05) is 6.07 Å². The first kappa shape index (κ1) is 16.4. The molecule has 0 atom stereocenters. The van der Waals surface area contributed by atoms with Crippen molar-refractivity contribution >= 4 is 0 Å². The molecule has 4 rings (SSSR count). The van der Waals surface area contributed by atoms with Crippen LogP contribution >= 0.6 is 0 Å². The minimum atomic E-state index is 0.322. The lowest BCUT2D eigenvalue weighted by Gasteiger charge is -2.27. The number of morpholine rings is 1. The quantitative estimate of drug-likeness (QED) is 0.831. The molecule has 0 spiro atoms. The van der Waals surface area contributed by atoms with E-state index in [4.69, 9.17) is 14.2 Å². The lowest BCUT2D eigenvalue weighted by molar-refractivity contribution is 0.0363. The van der Waals surface area contributed by atoms with Crippen molar-refractivity contribution in [2.45, 2.75) is 19.6 Å². The highest BCUT2D eigenvalue weighted by Crippen LogP contribution is 2.32. The van der Waals surface area contributed by atoms with Crippen molar-refractivity contribution in [2.75, 3.05) is 39.6 Å². The Bertz CT molecular complexity index is 695. The van der Waals surface area contributed by atoms with Crippen LogP contribution in [0.4, 0.5) is 0 Å². The van der Waals surface area contributed by atoms with Gasteiger partial charge in [0.05, 0.1) is 13.2 Å². The van der Waals surface area contributed by atoms with Gasteiger partial charge in [-0.2, -0.15) is 0 Å². The van der Waals surface area contributed by atoms with E-state index in [9.17, 15) is 0 Å². The maximum absolute atomic E-state index is 5.43. The molecule has 1 aromatic carbocycles. The fourth-order valence-corrected chi connectivity index (χ4v) is 3.29. The molecule has 0 unspecified atom stereocenters. The van der Waals surface area contributed by atoms with E-state index in [2.05, 4.69) is 39.2 Å². The summed E-state index contributed by atoms with van der Waals surface area (Å²) < 4.78 is 18.5. The first-order chi connectivity index (χ1) is 12.4. The molecule has 0 bridgehead atoms. The lowest BCUT2D eigenvalue weighted by Crippen LogP contribution is -2.38. The van der Waals surface area contributed by atoms with Crippen molar-refractivity contribution in [3.05, 3.63) is 47.8 Å². The standard InChI is InChI=1S/C19H25N3O3/c1-2-17(22(5-1)7-6-21-8-10-23-11-9-21)14-20-13-16-3-4-18-19(12-16)25-15-24-18/h1-5,12,20H,6-11,13-15H2. The van der Waals surface area contributed by atoms with E-state index in [1.54, 1.807) is 0 Å². The van der Waals surface area contributed by atoms with Gasteiger partial charge in [0.2, 0.25) is 6.79 Å².